The maximum absolute atomic E-state index is 2.41. The van der Waals surface area contributed by atoms with Crippen molar-refractivity contribution in [2.75, 3.05) is 18.5 Å². The minimum absolute atomic E-state index is 0.289. The van der Waals surface area contributed by atoms with Crippen LogP contribution in [-0.2, 0) is 5.41 Å². The Hall–Kier alpha value is -0.980. The number of nitrogens with zero attached hydrogens (tertiary/aromatic N) is 1. The summed E-state index contributed by atoms with van der Waals surface area (Å²) in [5.41, 5.74) is 3.20. The Morgan fingerprint density at radius 2 is 1.88 bits per heavy atom. The van der Waals surface area contributed by atoms with Gasteiger partial charge in [0.2, 0.25) is 0 Å². The van der Waals surface area contributed by atoms with Crippen molar-refractivity contribution in [3.63, 3.8) is 0 Å². The second-order valence-corrected chi connectivity index (χ2v) is 5.97. The molecule has 0 spiro atoms. The first-order valence-electron chi connectivity index (χ1n) is 6.25. The molecule has 0 aliphatic carbocycles. The van der Waals surface area contributed by atoms with Gasteiger partial charge >= 0.3 is 0 Å². The lowest BCUT2D eigenvalue weighted by Gasteiger charge is -2.47. The minimum atomic E-state index is 0.289. The van der Waals surface area contributed by atoms with E-state index in [0.29, 0.717) is 0 Å². The zero-order valence-electron chi connectivity index (χ0n) is 11.1. The van der Waals surface area contributed by atoms with Crippen molar-refractivity contribution in [2.24, 2.45) is 11.8 Å². The number of hydrogen-bond donors (Lipinski definition) is 0. The normalized spacial score (nSPS) is 23.4. The van der Waals surface area contributed by atoms with Crippen molar-refractivity contribution in [2.45, 2.75) is 33.1 Å². The number of rotatable bonds is 1. The molecule has 1 aromatic carbocycles. The molecule has 1 aromatic rings. The Balaban J connectivity index is 2.51. The first-order chi connectivity index (χ1) is 7.44. The van der Waals surface area contributed by atoms with Crippen LogP contribution in [0.5, 0.6) is 0 Å². The van der Waals surface area contributed by atoms with Gasteiger partial charge in [0.15, 0.2) is 0 Å². The van der Waals surface area contributed by atoms with Crippen LogP contribution < -0.4 is 4.90 Å². The van der Waals surface area contributed by atoms with Gasteiger partial charge in [0.25, 0.3) is 0 Å². The molecule has 1 nitrogen and oxygen atoms in total. The fourth-order valence-electron chi connectivity index (χ4n) is 3.22. The number of anilines is 1. The highest BCUT2D eigenvalue weighted by atomic mass is 15.1. The monoisotopic (exact) mass is 217 g/mol. The van der Waals surface area contributed by atoms with Crippen LogP contribution in [0.4, 0.5) is 5.69 Å². The average Bonchev–Trinajstić information content (AvgIpc) is 2.23. The molecule has 0 bridgehead atoms. The van der Waals surface area contributed by atoms with Crippen LogP contribution in [0.25, 0.3) is 0 Å². The molecule has 0 saturated carbocycles. The Kier molecular flexibility index (Phi) is 2.73. The highest BCUT2D eigenvalue weighted by Crippen LogP contribution is 2.44. The zero-order valence-corrected chi connectivity index (χ0v) is 11.1. The lowest BCUT2D eigenvalue weighted by molar-refractivity contribution is 0.234. The van der Waals surface area contributed by atoms with Gasteiger partial charge in [0.1, 0.15) is 0 Å². The van der Waals surface area contributed by atoms with Gasteiger partial charge in [-0.05, 0) is 28.9 Å². The lowest BCUT2D eigenvalue weighted by atomic mass is 9.66. The fourth-order valence-corrected chi connectivity index (χ4v) is 3.22. The van der Waals surface area contributed by atoms with E-state index in [4.69, 9.17) is 0 Å². The summed E-state index contributed by atoms with van der Waals surface area (Å²) in [7, 11) is 2.21. The fraction of sp³-hybridized carbons (Fsp3) is 0.600. The van der Waals surface area contributed by atoms with Crippen molar-refractivity contribution in [3.8, 4) is 0 Å². The molecule has 16 heavy (non-hydrogen) atoms. The average molecular weight is 217 g/mol. The molecule has 1 unspecified atom stereocenters. The molecule has 1 aliphatic heterocycles. The summed E-state index contributed by atoms with van der Waals surface area (Å²) < 4.78 is 0. The second-order valence-electron chi connectivity index (χ2n) is 5.97. The molecule has 0 aromatic heterocycles. The van der Waals surface area contributed by atoms with E-state index in [-0.39, 0.29) is 5.41 Å². The molecule has 1 atom stereocenters. The van der Waals surface area contributed by atoms with Gasteiger partial charge in [-0.3, -0.25) is 0 Å². The lowest BCUT2D eigenvalue weighted by Crippen LogP contribution is -2.45. The molecule has 1 heterocycles. The number of hydrogen-bond acceptors (Lipinski definition) is 1. The van der Waals surface area contributed by atoms with Crippen molar-refractivity contribution < 1.29 is 0 Å². The van der Waals surface area contributed by atoms with Crippen LogP contribution in [0, 0.1) is 11.8 Å². The summed E-state index contributed by atoms with van der Waals surface area (Å²) in [6.07, 6.45) is 0. The molecule has 0 amide bonds. The Morgan fingerprint density at radius 3 is 2.50 bits per heavy atom. The van der Waals surface area contributed by atoms with Crippen LogP contribution in [-0.4, -0.2) is 13.6 Å². The molecular weight excluding hydrogens is 194 g/mol. The van der Waals surface area contributed by atoms with E-state index < -0.39 is 0 Å². The van der Waals surface area contributed by atoms with Crippen LogP contribution in [0.1, 0.15) is 33.3 Å². The molecular formula is C15H23N. The van der Waals surface area contributed by atoms with E-state index in [1.165, 1.54) is 17.8 Å². The first-order valence-corrected chi connectivity index (χ1v) is 6.25. The van der Waals surface area contributed by atoms with Crippen molar-refractivity contribution in [1.29, 1.82) is 0 Å². The van der Waals surface area contributed by atoms with E-state index in [1.807, 2.05) is 0 Å². The van der Waals surface area contributed by atoms with Gasteiger partial charge in [-0.15, -0.1) is 0 Å². The summed E-state index contributed by atoms with van der Waals surface area (Å²) in [4.78, 5) is 2.41. The zero-order chi connectivity index (χ0) is 11.9. The molecule has 1 heteroatoms. The Labute approximate surface area is 99.5 Å². The topological polar surface area (TPSA) is 3.24 Å². The van der Waals surface area contributed by atoms with Crippen molar-refractivity contribution in [1.82, 2.24) is 0 Å². The quantitative estimate of drug-likeness (QED) is 0.693. The smallest absolute Gasteiger partial charge is 0.0401 e. The van der Waals surface area contributed by atoms with Crippen LogP contribution in [0.2, 0.25) is 0 Å². The SMILES string of the molecule is CC(C)C1CN(C)c2ccccc2C1(C)C. The third kappa shape index (κ3) is 1.63. The molecule has 0 saturated heterocycles. The third-order valence-corrected chi connectivity index (χ3v) is 4.21. The summed E-state index contributed by atoms with van der Waals surface area (Å²) in [5, 5.41) is 0. The predicted octanol–water partition coefficient (Wildman–Crippen LogP) is 3.69. The van der Waals surface area contributed by atoms with Crippen LogP contribution in [0.3, 0.4) is 0 Å². The third-order valence-electron chi connectivity index (χ3n) is 4.21. The van der Waals surface area contributed by atoms with Gasteiger partial charge in [-0.2, -0.15) is 0 Å². The summed E-state index contributed by atoms with van der Waals surface area (Å²) in [5.74, 6) is 1.46. The van der Waals surface area contributed by atoms with Gasteiger partial charge < -0.3 is 4.90 Å². The maximum Gasteiger partial charge on any atom is 0.0401 e. The van der Waals surface area contributed by atoms with Gasteiger partial charge in [0, 0.05) is 19.3 Å². The van der Waals surface area contributed by atoms with E-state index >= 15 is 0 Å². The molecule has 88 valence electrons. The number of benzene rings is 1. The maximum atomic E-state index is 2.41. The van der Waals surface area contributed by atoms with Crippen LogP contribution in [0.15, 0.2) is 24.3 Å². The Morgan fingerprint density at radius 1 is 1.25 bits per heavy atom. The van der Waals surface area contributed by atoms with E-state index in [1.54, 1.807) is 0 Å². The molecule has 0 N–H and O–H groups in total. The van der Waals surface area contributed by atoms with Gasteiger partial charge in [-0.1, -0.05) is 45.9 Å². The van der Waals surface area contributed by atoms with Crippen molar-refractivity contribution >= 4 is 5.69 Å². The highest BCUT2D eigenvalue weighted by Gasteiger charge is 2.39. The number of para-hydroxylation sites is 1. The van der Waals surface area contributed by atoms with Gasteiger partial charge in [0.05, 0.1) is 0 Å². The summed E-state index contributed by atoms with van der Waals surface area (Å²) >= 11 is 0. The van der Waals surface area contributed by atoms with Crippen molar-refractivity contribution in [3.05, 3.63) is 29.8 Å². The van der Waals surface area contributed by atoms with E-state index in [0.717, 1.165) is 11.8 Å². The largest absolute Gasteiger partial charge is 0.374 e. The standard InChI is InChI=1S/C15H23N/c1-11(2)13-10-16(5)14-9-7-6-8-12(14)15(13,3)4/h6-9,11,13H,10H2,1-5H3. The molecule has 0 fully saturated rings. The molecule has 0 radical (unpaired) electrons. The molecule has 1 aliphatic rings. The predicted molar refractivity (Wildman–Crippen MR) is 71.1 cm³/mol. The molecule has 2 rings (SSSR count). The number of fused-ring (bicyclic) bond motifs is 1. The summed E-state index contributed by atoms with van der Waals surface area (Å²) in [6.45, 7) is 10.6. The Bertz CT molecular complexity index is 379. The minimum Gasteiger partial charge on any atom is -0.374 e. The highest BCUT2D eigenvalue weighted by molar-refractivity contribution is 5.58. The van der Waals surface area contributed by atoms with Gasteiger partial charge in [-0.25, -0.2) is 0 Å². The second kappa shape index (κ2) is 3.80. The van der Waals surface area contributed by atoms with E-state index in [9.17, 15) is 0 Å². The summed E-state index contributed by atoms with van der Waals surface area (Å²) in [6, 6.07) is 8.84. The van der Waals surface area contributed by atoms with E-state index in [2.05, 4.69) is 63.9 Å². The van der Waals surface area contributed by atoms with Crippen LogP contribution >= 0.6 is 0 Å². The first kappa shape index (κ1) is 11.5.